The summed E-state index contributed by atoms with van der Waals surface area (Å²) < 4.78 is 5.66. The van der Waals surface area contributed by atoms with Crippen molar-refractivity contribution < 1.29 is 9.53 Å². The van der Waals surface area contributed by atoms with Crippen LogP contribution in [0.5, 0.6) is 0 Å². The quantitative estimate of drug-likeness (QED) is 0.625. The smallest absolute Gasteiger partial charge is 0.369 e. The van der Waals surface area contributed by atoms with Crippen molar-refractivity contribution in [1.82, 2.24) is 10.2 Å². The first-order valence-electron chi connectivity index (χ1n) is 5.88. The van der Waals surface area contributed by atoms with Crippen molar-refractivity contribution >= 4 is 29.1 Å². The van der Waals surface area contributed by atoms with Crippen LogP contribution < -0.4 is 0 Å². The summed E-state index contributed by atoms with van der Waals surface area (Å²) in [5, 5.41) is 8.14. The highest BCUT2D eigenvalue weighted by molar-refractivity contribution is 8.00. The normalized spacial score (nSPS) is 10.4. The van der Waals surface area contributed by atoms with Crippen LogP contribution >= 0.6 is 23.1 Å². The molecule has 1 aromatic carbocycles. The molecule has 1 heterocycles. The highest BCUT2D eigenvalue weighted by atomic mass is 32.2. The van der Waals surface area contributed by atoms with Crippen LogP contribution in [0.2, 0.25) is 0 Å². The van der Waals surface area contributed by atoms with E-state index in [9.17, 15) is 4.79 Å². The number of carbonyl (C=O) groups is 1. The van der Waals surface area contributed by atoms with Gasteiger partial charge in [0.25, 0.3) is 0 Å². The first kappa shape index (κ1) is 14.0. The molecule has 100 valence electrons. The second kappa shape index (κ2) is 6.68. The van der Waals surface area contributed by atoms with Crippen molar-refractivity contribution in [3.05, 3.63) is 40.4 Å². The molecule has 0 aliphatic carbocycles. The lowest BCUT2D eigenvalue weighted by Gasteiger charge is -1.99. The molecular formula is C13H14N2O2S2. The van der Waals surface area contributed by atoms with Crippen LogP contribution in [0.3, 0.4) is 0 Å². The molecule has 0 aliphatic rings. The minimum absolute atomic E-state index is 0.314. The second-order valence-electron chi connectivity index (χ2n) is 3.87. The molecule has 19 heavy (non-hydrogen) atoms. The van der Waals surface area contributed by atoms with E-state index in [1.54, 1.807) is 18.7 Å². The van der Waals surface area contributed by atoms with Crippen LogP contribution in [0, 0.1) is 6.92 Å². The van der Waals surface area contributed by atoms with Gasteiger partial charge in [-0.2, -0.15) is 0 Å². The lowest BCUT2D eigenvalue weighted by molar-refractivity contribution is 0.0525. The Labute approximate surface area is 120 Å². The number of carbonyl (C=O) groups excluding carboxylic acids is 1. The SMILES string of the molecule is CCOC(=O)c1nnc(SCc2cccc(C)c2)s1. The Morgan fingerprint density at radius 3 is 3.00 bits per heavy atom. The van der Waals surface area contributed by atoms with Crippen molar-refractivity contribution in [2.45, 2.75) is 23.9 Å². The molecule has 6 heteroatoms. The average molecular weight is 294 g/mol. The summed E-state index contributed by atoms with van der Waals surface area (Å²) in [4.78, 5) is 11.5. The molecule has 0 saturated heterocycles. The Bertz CT molecular complexity index is 569. The third-order valence-corrected chi connectivity index (χ3v) is 4.41. The number of benzene rings is 1. The molecule has 0 saturated carbocycles. The van der Waals surface area contributed by atoms with E-state index < -0.39 is 5.97 Å². The van der Waals surface area contributed by atoms with Gasteiger partial charge in [0.2, 0.25) is 5.01 Å². The van der Waals surface area contributed by atoms with Crippen LogP contribution in [0.4, 0.5) is 0 Å². The van der Waals surface area contributed by atoms with Crippen LogP contribution in [0.1, 0.15) is 27.9 Å². The average Bonchev–Trinajstić information content (AvgIpc) is 2.86. The van der Waals surface area contributed by atoms with Gasteiger partial charge in [0.15, 0.2) is 4.34 Å². The molecule has 0 unspecified atom stereocenters. The van der Waals surface area contributed by atoms with Gasteiger partial charge >= 0.3 is 5.97 Å². The van der Waals surface area contributed by atoms with Crippen molar-refractivity contribution in [3.8, 4) is 0 Å². The maximum absolute atomic E-state index is 11.5. The van der Waals surface area contributed by atoms with Crippen molar-refractivity contribution in [2.24, 2.45) is 0 Å². The molecular weight excluding hydrogens is 280 g/mol. The zero-order valence-corrected chi connectivity index (χ0v) is 12.4. The van der Waals surface area contributed by atoms with Gasteiger partial charge in [0, 0.05) is 5.75 Å². The molecule has 0 amide bonds. The van der Waals surface area contributed by atoms with E-state index in [1.807, 2.05) is 6.07 Å². The monoisotopic (exact) mass is 294 g/mol. The largest absolute Gasteiger partial charge is 0.461 e. The predicted molar refractivity (Wildman–Crippen MR) is 76.6 cm³/mol. The first-order valence-corrected chi connectivity index (χ1v) is 7.68. The number of esters is 1. The topological polar surface area (TPSA) is 52.1 Å². The molecule has 0 bridgehead atoms. The fourth-order valence-corrected chi connectivity index (χ4v) is 3.18. The Morgan fingerprint density at radius 1 is 1.42 bits per heavy atom. The molecule has 0 N–H and O–H groups in total. The van der Waals surface area contributed by atoms with Crippen LogP contribution in [0.25, 0.3) is 0 Å². The van der Waals surface area contributed by atoms with E-state index in [0.29, 0.717) is 11.6 Å². The van der Waals surface area contributed by atoms with E-state index >= 15 is 0 Å². The number of thioether (sulfide) groups is 1. The standard InChI is InChI=1S/C13H14N2O2S2/c1-3-17-12(16)11-14-15-13(19-11)18-8-10-6-4-5-9(2)7-10/h4-7H,3,8H2,1-2H3. The maximum Gasteiger partial charge on any atom is 0.369 e. The van der Waals surface area contributed by atoms with Crippen LogP contribution in [-0.2, 0) is 10.5 Å². The lowest BCUT2D eigenvalue weighted by atomic mass is 10.2. The van der Waals surface area contributed by atoms with Gasteiger partial charge in [-0.3, -0.25) is 0 Å². The van der Waals surface area contributed by atoms with Crippen LogP contribution in [-0.4, -0.2) is 22.8 Å². The Morgan fingerprint density at radius 2 is 2.26 bits per heavy atom. The van der Waals surface area contributed by atoms with Crippen LogP contribution in [0.15, 0.2) is 28.6 Å². The first-order chi connectivity index (χ1) is 9.19. The molecule has 0 aliphatic heterocycles. The Hall–Kier alpha value is -1.40. The van der Waals surface area contributed by atoms with Crippen molar-refractivity contribution in [3.63, 3.8) is 0 Å². The molecule has 0 atom stereocenters. The van der Waals surface area contributed by atoms with Gasteiger partial charge in [-0.05, 0) is 19.4 Å². The summed E-state index contributed by atoms with van der Waals surface area (Å²) in [5.74, 6) is 0.418. The fourth-order valence-electron chi connectivity index (χ4n) is 1.49. The predicted octanol–water partition coefficient (Wildman–Crippen LogP) is 3.32. The number of nitrogens with zero attached hydrogens (tertiary/aromatic N) is 2. The van der Waals surface area contributed by atoms with E-state index in [-0.39, 0.29) is 0 Å². The summed E-state index contributed by atoms with van der Waals surface area (Å²) in [6.07, 6.45) is 0. The number of rotatable bonds is 5. The zero-order valence-electron chi connectivity index (χ0n) is 10.8. The summed E-state index contributed by atoms with van der Waals surface area (Å²) in [6, 6.07) is 8.32. The van der Waals surface area contributed by atoms with Gasteiger partial charge in [0.05, 0.1) is 6.61 Å². The molecule has 1 aromatic heterocycles. The Kier molecular flexibility index (Phi) is 4.93. The van der Waals surface area contributed by atoms with Gasteiger partial charge in [-0.25, -0.2) is 4.79 Å². The number of ether oxygens (including phenoxy) is 1. The highest BCUT2D eigenvalue weighted by Crippen LogP contribution is 2.26. The number of aryl methyl sites for hydroxylation is 1. The minimum Gasteiger partial charge on any atom is -0.461 e. The van der Waals surface area contributed by atoms with E-state index in [1.165, 1.54) is 22.5 Å². The van der Waals surface area contributed by atoms with Crippen molar-refractivity contribution in [2.75, 3.05) is 6.61 Å². The zero-order chi connectivity index (χ0) is 13.7. The van der Waals surface area contributed by atoms with Gasteiger partial charge < -0.3 is 4.74 Å². The third-order valence-electron chi connectivity index (χ3n) is 2.30. The molecule has 0 radical (unpaired) electrons. The summed E-state index contributed by atoms with van der Waals surface area (Å²) in [5.41, 5.74) is 2.47. The fraction of sp³-hybridized carbons (Fsp3) is 0.308. The molecule has 2 rings (SSSR count). The molecule has 2 aromatic rings. The van der Waals surface area contributed by atoms with Gasteiger partial charge in [-0.1, -0.05) is 52.9 Å². The second-order valence-corrected chi connectivity index (χ2v) is 6.07. The number of hydrogen-bond donors (Lipinski definition) is 0. The van der Waals surface area contributed by atoms with Gasteiger partial charge in [-0.15, -0.1) is 10.2 Å². The van der Waals surface area contributed by atoms with E-state index in [2.05, 4.69) is 35.3 Å². The van der Waals surface area contributed by atoms with E-state index in [4.69, 9.17) is 4.74 Å². The third kappa shape index (κ3) is 4.04. The number of aromatic nitrogens is 2. The summed E-state index contributed by atoms with van der Waals surface area (Å²) >= 11 is 2.85. The molecule has 0 spiro atoms. The minimum atomic E-state index is -0.401. The summed E-state index contributed by atoms with van der Waals surface area (Å²) in [6.45, 7) is 4.19. The highest BCUT2D eigenvalue weighted by Gasteiger charge is 2.13. The molecule has 0 fully saturated rings. The molecule has 4 nitrogen and oxygen atoms in total. The lowest BCUT2D eigenvalue weighted by Crippen LogP contribution is -2.03. The maximum atomic E-state index is 11.5. The number of hydrogen-bond acceptors (Lipinski definition) is 6. The van der Waals surface area contributed by atoms with E-state index in [0.717, 1.165) is 10.1 Å². The summed E-state index contributed by atoms with van der Waals surface area (Å²) in [7, 11) is 0. The Balaban J connectivity index is 1.95. The van der Waals surface area contributed by atoms with Crippen molar-refractivity contribution in [1.29, 1.82) is 0 Å². The van der Waals surface area contributed by atoms with Gasteiger partial charge in [0.1, 0.15) is 0 Å².